The van der Waals surface area contributed by atoms with E-state index < -0.39 is 83.9 Å². The number of rotatable bonds is 21. The number of aliphatic hydroxyl groups is 9. The zero-order valence-electron chi connectivity index (χ0n) is 83.7. The van der Waals surface area contributed by atoms with Crippen molar-refractivity contribution in [3.8, 4) is 0 Å². The monoisotopic (exact) mass is 1880 g/mol. The van der Waals surface area contributed by atoms with E-state index in [1.54, 1.807) is 0 Å². The highest BCUT2D eigenvalue weighted by Crippen LogP contribution is 2.73. The first-order chi connectivity index (χ1) is 64.6. The number of hydrogen-bond acceptors (Lipinski definition) is 21. The number of cyclic esters (lactones) is 2. The molecule has 3 aliphatic heterocycles. The summed E-state index contributed by atoms with van der Waals surface area (Å²) < 4.78 is 47.3. The molecule has 4 aromatic rings. The molecule has 15 fully saturated rings. The maximum atomic E-state index is 15.2. The van der Waals surface area contributed by atoms with Crippen LogP contribution < -0.4 is 0 Å². The highest BCUT2D eigenvalue weighted by Gasteiger charge is 2.74. The summed E-state index contributed by atoms with van der Waals surface area (Å²) in [6.45, 7) is 34.9. The van der Waals surface area contributed by atoms with Gasteiger partial charge in [0.1, 0.15) is 29.6 Å². The number of fused-ring (bicyclic) bond motifs is 15. The molecule has 3 heterocycles. The van der Waals surface area contributed by atoms with Crippen molar-refractivity contribution in [2.75, 3.05) is 0 Å². The number of carbonyl (C=O) groups excluding carboxylic acids is 5. The number of hydrogen-bond donors (Lipinski definition) is 9. The summed E-state index contributed by atoms with van der Waals surface area (Å²) in [5.74, 6) is 0.280. The van der Waals surface area contributed by atoms with Gasteiger partial charge in [0.05, 0.1) is 106 Å². The average Bonchev–Trinajstić information content (AvgIpc) is 1.58. The van der Waals surface area contributed by atoms with Crippen LogP contribution in [0.15, 0.2) is 121 Å². The number of ketones is 3. The van der Waals surface area contributed by atoms with E-state index in [1.807, 2.05) is 24.3 Å². The lowest BCUT2D eigenvalue weighted by molar-refractivity contribution is -0.285. The van der Waals surface area contributed by atoms with Crippen molar-refractivity contribution >= 4 is 29.3 Å². The summed E-state index contributed by atoms with van der Waals surface area (Å²) in [7, 11) is 0. The van der Waals surface area contributed by atoms with Crippen LogP contribution in [0.1, 0.15) is 261 Å². The Kier molecular flexibility index (Phi) is 30.3. The van der Waals surface area contributed by atoms with Crippen molar-refractivity contribution in [3.05, 3.63) is 144 Å². The Morgan fingerprint density at radius 2 is 0.640 bits per heavy atom. The molecule has 750 valence electrons. The standard InChI is InChI=1S/C57H70O7.C29H48O7.C29H46O7/c1-37(2)43-30-48(64-49(59)31-43)38(3)45-32-46(58)51-50-44(26-28-57(45,51)5)56(4)29-27-47(60-33-39-18-10-6-11-19-39)53(61-34-40-20-12-7-13-21-40)52(56)55(63-36-42-24-16-9-17-25-42)54(50)62-35-41-22-14-8-15-23-41;2*1-13(2)15-10-20(36-21(32)11-15)14(3)17-12-19(31)23-22-16(6-8-29(17,23)5)28(4)9-7-18(30)25(33)24(28)27(35)26(22)34/h6-25,37-38,43-45,47-48,50-55H,26-36H2,1-5H3;13-18,20-27,30,32-35H,6-12H2,1-5H3;13-18,20,22-27,30,33-35H,6-12H2,1-5H3/t38?,43?,44?,45?,47-,48?,50?,51?,52?,53+,54-,55-,56-,57-;14?,15?,16?,17?,18-,20?,21?,22?,23?,24?,25+,26-,27-,28-,29-;14?,15?,16?,17?,18-,20?,22?,23?,24?,25+,26-,27-,28-,29-/m111/s1. The van der Waals surface area contributed by atoms with Crippen LogP contribution in [0.5, 0.6) is 0 Å². The third kappa shape index (κ3) is 18.6. The number of ether oxygens (including phenoxy) is 7. The Morgan fingerprint density at radius 1 is 0.324 bits per heavy atom. The van der Waals surface area contributed by atoms with E-state index in [0.29, 0.717) is 126 Å². The van der Waals surface area contributed by atoms with E-state index in [0.717, 1.165) is 92.9 Å². The van der Waals surface area contributed by atoms with Gasteiger partial charge in [0, 0.05) is 91.8 Å². The molecule has 43 atom stereocenters. The average molecular weight is 1880 g/mol. The number of carbonyl (C=O) groups is 5. The summed E-state index contributed by atoms with van der Waals surface area (Å²) in [4.78, 5) is 68.2. The van der Waals surface area contributed by atoms with Gasteiger partial charge in [-0.2, -0.15) is 0 Å². The van der Waals surface area contributed by atoms with E-state index in [-0.39, 0.29) is 182 Å². The third-order valence-electron chi connectivity index (χ3n) is 41.3. The molecule has 4 aromatic carbocycles. The summed E-state index contributed by atoms with van der Waals surface area (Å²) >= 11 is 0. The molecule has 25 unspecified atom stereocenters. The van der Waals surface area contributed by atoms with Crippen molar-refractivity contribution in [3.63, 3.8) is 0 Å². The summed E-state index contributed by atoms with van der Waals surface area (Å²) in [5, 5.41) is 98.2. The topological polar surface area (TPSA) is 332 Å². The SMILES string of the molecule is CC(C)C1CC(=O)OC(C(C)C2CC(=O)C3C4C(CC[C@]23C)[C@@]2(C)CC[C@@H](O)[C@H](O)C2[C@@H](O)[C@@H]4O)C1.CC(C)C1CC(=O)OC(C(C)C2CC(=O)C3C4C(CC[C@]23C)[C@@]2(C)CC[C@@H](OCc3ccccc3)[C@H](OCc3ccccc3)C2[C@@H](OCc2ccccc2)[C@@H]4OCc2ccccc2)C1.CC(C)C1CC(O)OC(C(C)C2CC(=O)C3C4C(CC[C@]23C)[C@@]2(C)CC[C@@H](O)[C@H](O)C2[C@@H](O)[C@@H]4O)C1. The van der Waals surface area contributed by atoms with Gasteiger partial charge in [0.25, 0.3) is 0 Å². The van der Waals surface area contributed by atoms with E-state index in [2.05, 4.69) is 201 Å². The second kappa shape index (κ2) is 40.5. The Bertz CT molecular complexity index is 4750. The van der Waals surface area contributed by atoms with Gasteiger partial charge >= 0.3 is 11.9 Å². The van der Waals surface area contributed by atoms with Gasteiger partial charge in [0.2, 0.25) is 0 Å². The van der Waals surface area contributed by atoms with Gasteiger partial charge in [0.15, 0.2) is 6.29 Å². The van der Waals surface area contributed by atoms with E-state index in [9.17, 15) is 65.1 Å². The van der Waals surface area contributed by atoms with Crippen molar-refractivity contribution in [2.45, 2.75) is 363 Å². The minimum atomic E-state index is -1.18. The number of esters is 2. The van der Waals surface area contributed by atoms with E-state index in [4.69, 9.17) is 33.2 Å². The first kappa shape index (κ1) is 102. The van der Waals surface area contributed by atoms with Crippen molar-refractivity contribution < 1.29 is 103 Å². The summed E-state index contributed by atoms with van der Waals surface area (Å²) in [6, 6.07) is 41.8. The third-order valence-corrected chi connectivity index (χ3v) is 41.3. The van der Waals surface area contributed by atoms with Gasteiger partial charge < -0.3 is 79.1 Å². The van der Waals surface area contributed by atoms with Gasteiger partial charge in [-0.3, -0.25) is 24.0 Å². The molecule has 3 saturated heterocycles. The van der Waals surface area contributed by atoms with Gasteiger partial charge in [-0.25, -0.2) is 0 Å². The molecule has 136 heavy (non-hydrogen) atoms. The number of aliphatic hydroxyl groups excluding tert-OH is 9. The van der Waals surface area contributed by atoms with Gasteiger partial charge in [-0.1, -0.05) is 225 Å². The largest absolute Gasteiger partial charge is 0.462 e. The molecule has 0 amide bonds. The van der Waals surface area contributed by atoms with Crippen LogP contribution in [-0.4, -0.2) is 173 Å². The fourth-order valence-electron chi connectivity index (χ4n) is 33.6. The van der Waals surface area contributed by atoms with Crippen LogP contribution in [0.4, 0.5) is 0 Å². The van der Waals surface area contributed by atoms with Crippen molar-refractivity contribution in [1.82, 2.24) is 0 Å². The first-order valence-electron chi connectivity index (χ1n) is 53.0. The van der Waals surface area contributed by atoms with Crippen LogP contribution in [0.2, 0.25) is 0 Å². The predicted octanol–water partition coefficient (Wildman–Crippen LogP) is 16.8. The van der Waals surface area contributed by atoms with Gasteiger partial charge in [-0.05, 0) is 240 Å². The van der Waals surface area contributed by atoms with Crippen molar-refractivity contribution in [1.29, 1.82) is 0 Å². The Balaban J connectivity index is 0.000000152. The van der Waals surface area contributed by atoms with E-state index in [1.165, 1.54) is 0 Å². The normalized spacial score (nSPS) is 45.7. The lowest BCUT2D eigenvalue weighted by Crippen LogP contribution is -2.69. The molecule has 19 rings (SSSR count). The minimum absolute atomic E-state index is 0.00281. The minimum Gasteiger partial charge on any atom is -0.462 e. The fourth-order valence-corrected chi connectivity index (χ4v) is 33.6. The Morgan fingerprint density at radius 3 is 1.02 bits per heavy atom. The van der Waals surface area contributed by atoms with Crippen molar-refractivity contribution in [2.24, 2.45) is 175 Å². The van der Waals surface area contributed by atoms with Crippen LogP contribution in [0.25, 0.3) is 0 Å². The zero-order chi connectivity index (χ0) is 97.1. The molecule has 9 N–H and O–H groups in total. The quantitative estimate of drug-likeness (QED) is 0.0350. The molecule has 15 aliphatic rings. The maximum Gasteiger partial charge on any atom is 0.306 e. The molecular weight excluding hydrogens is 1720 g/mol. The number of Topliss-reactive ketones (excluding diaryl/α,β-unsaturated/α-hetero) is 3. The van der Waals surface area contributed by atoms with Gasteiger partial charge in [-0.15, -0.1) is 0 Å². The predicted molar refractivity (Wildman–Crippen MR) is 514 cm³/mol. The van der Waals surface area contributed by atoms with Crippen LogP contribution in [0.3, 0.4) is 0 Å². The first-order valence-corrected chi connectivity index (χ1v) is 53.0. The molecule has 21 nitrogen and oxygen atoms in total. The molecule has 0 radical (unpaired) electrons. The second-order valence-electron chi connectivity index (χ2n) is 49.0. The molecular formula is C115H164O21. The Labute approximate surface area is 808 Å². The second-order valence-corrected chi connectivity index (χ2v) is 49.0. The lowest BCUT2D eigenvalue weighted by atomic mass is 9.42. The maximum absolute atomic E-state index is 15.2. The molecule has 12 aliphatic carbocycles. The molecule has 12 saturated carbocycles. The zero-order valence-corrected chi connectivity index (χ0v) is 83.7. The molecule has 0 aromatic heterocycles. The molecule has 21 heteroatoms. The molecule has 0 spiro atoms. The Hall–Kier alpha value is -5.73. The lowest BCUT2D eigenvalue weighted by Gasteiger charge is -2.66. The smallest absolute Gasteiger partial charge is 0.306 e. The summed E-state index contributed by atoms with van der Waals surface area (Å²) in [6.07, 6.45) is 3.79. The number of benzene rings is 4. The molecule has 0 bridgehead atoms. The van der Waals surface area contributed by atoms with Crippen LogP contribution >= 0.6 is 0 Å². The van der Waals surface area contributed by atoms with Crippen LogP contribution in [0, 0.1) is 175 Å². The fraction of sp³-hybridized carbons (Fsp3) is 0.748. The van der Waals surface area contributed by atoms with E-state index >= 15 is 4.79 Å². The highest BCUT2D eigenvalue weighted by atomic mass is 16.6. The summed E-state index contributed by atoms with van der Waals surface area (Å²) in [5.41, 5.74) is 2.41. The highest BCUT2D eigenvalue weighted by molar-refractivity contribution is 5.87. The van der Waals surface area contributed by atoms with Crippen LogP contribution in [-0.2, 0) is 83.6 Å².